The van der Waals surface area contributed by atoms with E-state index in [-0.39, 0.29) is 19.8 Å². The highest BCUT2D eigenvalue weighted by atomic mass is 31.2. The molecule has 0 spiro atoms. The summed E-state index contributed by atoms with van der Waals surface area (Å²) in [7, 11) is 1.42. The Morgan fingerprint density at radius 2 is 1.33 bits per heavy atom. The summed E-state index contributed by atoms with van der Waals surface area (Å²) >= 11 is 0. The first-order chi connectivity index (χ1) is 17.2. The van der Waals surface area contributed by atoms with E-state index in [1.54, 1.807) is 0 Å². The van der Waals surface area contributed by atoms with Crippen molar-refractivity contribution in [3.05, 3.63) is 48.6 Å². The number of unbranched alkanes of at least 4 members (excludes halogenated alkanes) is 5. The van der Waals surface area contributed by atoms with Crippen LogP contribution in [0.2, 0.25) is 0 Å². The second-order valence-corrected chi connectivity index (χ2v) is 11.3. The minimum atomic E-state index is -4.40. The van der Waals surface area contributed by atoms with Crippen molar-refractivity contribution < 1.29 is 32.8 Å². The van der Waals surface area contributed by atoms with Gasteiger partial charge in [0.15, 0.2) is 0 Å². The summed E-state index contributed by atoms with van der Waals surface area (Å²) in [6.45, 7) is 2.96. The van der Waals surface area contributed by atoms with Crippen LogP contribution in [0.15, 0.2) is 48.6 Å². The minimum absolute atomic E-state index is 0.0420. The zero-order valence-corrected chi connectivity index (χ0v) is 24.1. The topological polar surface area (TPSA) is 88.0 Å². The molecule has 2 atom stereocenters. The van der Waals surface area contributed by atoms with Gasteiger partial charge >= 0.3 is 0 Å². The van der Waals surface area contributed by atoms with Gasteiger partial charge in [0.2, 0.25) is 0 Å². The third-order valence-electron chi connectivity index (χ3n) is 5.13. The van der Waals surface area contributed by atoms with Crippen LogP contribution in [0.4, 0.5) is 0 Å². The number of aliphatic hydroxyl groups is 1. The van der Waals surface area contributed by atoms with Gasteiger partial charge < -0.3 is 28.3 Å². The first kappa shape index (κ1) is 35.0. The lowest BCUT2D eigenvalue weighted by atomic mass is 10.1. The van der Waals surface area contributed by atoms with Crippen LogP contribution >= 0.6 is 7.82 Å². The molecule has 0 aliphatic heterocycles. The van der Waals surface area contributed by atoms with E-state index in [2.05, 4.69) is 55.5 Å². The van der Waals surface area contributed by atoms with Gasteiger partial charge in [0.25, 0.3) is 7.82 Å². The van der Waals surface area contributed by atoms with Gasteiger partial charge in [-0.2, -0.15) is 0 Å². The molecule has 0 rings (SSSR count). The molecule has 0 saturated heterocycles. The molecule has 0 fully saturated rings. The minimum Gasteiger partial charge on any atom is -0.756 e. The Bertz CT molecular complexity index is 669. The highest BCUT2D eigenvalue weighted by Crippen LogP contribution is 2.38. The standard InChI is InChI=1S/C28H52NO6P/c1-5-6-7-8-9-10-11-12-13-14-15-16-17-18-19-20-21-22-24-33-26-28(30)27-35-36(31,32)34-25-23-29(2,3)4/h6-7,9-10,12-13,15-16,28,30H,5,8,11,14,17-27H2,1-4H3/b7-6-,10-9-,13-12-,16-15-. The number of hydrogen-bond acceptors (Lipinski definition) is 6. The van der Waals surface area contributed by atoms with Crippen LogP contribution in [0.5, 0.6) is 0 Å². The number of phosphoric ester groups is 1. The lowest BCUT2D eigenvalue weighted by Crippen LogP contribution is -2.37. The number of allylic oxidation sites excluding steroid dienone is 8. The molecule has 1 N–H and O–H groups in total. The van der Waals surface area contributed by atoms with E-state index in [9.17, 15) is 14.6 Å². The van der Waals surface area contributed by atoms with Crippen LogP contribution in [-0.2, 0) is 18.3 Å². The van der Waals surface area contributed by atoms with Crippen LogP contribution in [0.25, 0.3) is 0 Å². The van der Waals surface area contributed by atoms with Gasteiger partial charge in [-0.15, -0.1) is 0 Å². The van der Waals surface area contributed by atoms with Gasteiger partial charge in [-0.3, -0.25) is 4.57 Å². The van der Waals surface area contributed by atoms with Crippen molar-refractivity contribution in [2.75, 3.05) is 54.1 Å². The lowest BCUT2D eigenvalue weighted by Gasteiger charge is -2.27. The van der Waals surface area contributed by atoms with Crippen LogP contribution in [0, 0.1) is 0 Å². The summed E-state index contributed by atoms with van der Waals surface area (Å²) in [4.78, 5) is 11.7. The number of hydrogen-bond donors (Lipinski definition) is 1. The molecule has 7 nitrogen and oxygen atoms in total. The molecule has 0 aromatic carbocycles. The maximum atomic E-state index is 11.7. The second kappa shape index (κ2) is 23.1. The molecule has 0 amide bonds. The number of phosphoric acid groups is 1. The van der Waals surface area contributed by atoms with Crippen molar-refractivity contribution in [2.45, 2.75) is 77.2 Å². The van der Waals surface area contributed by atoms with Gasteiger partial charge in [-0.05, 0) is 44.9 Å². The molecule has 210 valence electrons. The summed E-state index contributed by atoms with van der Waals surface area (Å²) in [6, 6.07) is 0. The number of quaternary nitrogens is 1. The molecule has 0 radical (unpaired) electrons. The fourth-order valence-electron chi connectivity index (χ4n) is 3.00. The van der Waals surface area contributed by atoms with E-state index in [1.165, 1.54) is 12.8 Å². The van der Waals surface area contributed by atoms with E-state index in [1.807, 2.05) is 21.1 Å². The van der Waals surface area contributed by atoms with Gasteiger partial charge in [0.05, 0.1) is 34.4 Å². The average Bonchev–Trinajstić information content (AvgIpc) is 2.80. The van der Waals surface area contributed by atoms with E-state index in [4.69, 9.17) is 13.8 Å². The van der Waals surface area contributed by atoms with Crippen molar-refractivity contribution in [2.24, 2.45) is 0 Å². The maximum Gasteiger partial charge on any atom is 0.268 e. The second-order valence-electron chi connectivity index (χ2n) is 9.88. The Kier molecular flexibility index (Phi) is 22.4. The van der Waals surface area contributed by atoms with Gasteiger partial charge in [0, 0.05) is 6.61 Å². The summed E-state index contributed by atoms with van der Waals surface area (Å²) in [5.74, 6) is 0. The van der Waals surface area contributed by atoms with Crippen LogP contribution < -0.4 is 4.89 Å². The molecule has 2 unspecified atom stereocenters. The monoisotopic (exact) mass is 529 g/mol. The Morgan fingerprint density at radius 1 is 0.778 bits per heavy atom. The zero-order valence-electron chi connectivity index (χ0n) is 23.2. The summed E-state index contributed by atoms with van der Waals surface area (Å²) < 4.78 is 27.2. The van der Waals surface area contributed by atoms with E-state index < -0.39 is 13.9 Å². The molecule has 0 heterocycles. The van der Waals surface area contributed by atoms with Crippen LogP contribution in [-0.4, -0.2) is 69.8 Å². The molecule has 8 heteroatoms. The molecule has 0 bridgehead atoms. The molecular weight excluding hydrogens is 477 g/mol. The first-order valence-corrected chi connectivity index (χ1v) is 14.9. The van der Waals surface area contributed by atoms with Crippen molar-refractivity contribution >= 4 is 7.82 Å². The van der Waals surface area contributed by atoms with Crippen molar-refractivity contribution in [1.82, 2.24) is 0 Å². The van der Waals surface area contributed by atoms with E-state index >= 15 is 0 Å². The smallest absolute Gasteiger partial charge is 0.268 e. The summed E-state index contributed by atoms with van der Waals surface area (Å²) in [5.41, 5.74) is 0. The predicted molar refractivity (Wildman–Crippen MR) is 148 cm³/mol. The molecular formula is C28H52NO6P. The quantitative estimate of drug-likeness (QED) is 0.0745. The van der Waals surface area contributed by atoms with Gasteiger partial charge in [-0.1, -0.05) is 74.8 Å². The van der Waals surface area contributed by atoms with Gasteiger partial charge in [-0.25, -0.2) is 0 Å². The zero-order chi connectivity index (χ0) is 27.0. The largest absolute Gasteiger partial charge is 0.756 e. The molecule has 0 aromatic heterocycles. The molecule has 0 aromatic rings. The third kappa shape index (κ3) is 27.5. The van der Waals surface area contributed by atoms with Crippen LogP contribution in [0.3, 0.4) is 0 Å². The Labute approximate surface area is 220 Å². The maximum absolute atomic E-state index is 11.7. The Balaban J connectivity index is 3.53. The highest BCUT2D eigenvalue weighted by molar-refractivity contribution is 7.45. The van der Waals surface area contributed by atoms with Crippen molar-refractivity contribution in [1.29, 1.82) is 0 Å². The number of rotatable bonds is 24. The molecule has 36 heavy (non-hydrogen) atoms. The highest BCUT2D eigenvalue weighted by Gasteiger charge is 2.15. The summed E-state index contributed by atoms with van der Waals surface area (Å²) in [6.07, 6.45) is 27.5. The normalized spacial score (nSPS) is 15.6. The van der Waals surface area contributed by atoms with E-state index in [0.717, 1.165) is 51.4 Å². The van der Waals surface area contributed by atoms with Crippen molar-refractivity contribution in [3.63, 3.8) is 0 Å². The number of nitrogens with zero attached hydrogens (tertiary/aromatic N) is 1. The summed E-state index contributed by atoms with van der Waals surface area (Å²) in [5, 5.41) is 9.83. The van der Waals surface area contributed by atoms with Gasteiger partial charge in [0.1, 0.15) is 19.3 Å². The molecule has 0 aliphatic rings. The molecule has 0 saturated carbocycles. The lowest BCUT2D eigenvalue weighted by molar-refractivity contribution is -0.870. The Hall–Kier alpha value is -1.05. The van der Waals surface area contributed by atoms with Crippen LogP contribution in [0.1, 0.15) is 71.1 Å². The predicted octanol–water partition coefficient (Wildman–Crippen LogP) is 5.72. The average molecular weight is 530 g/mol. The number of aliphatic hydroxyl groups excluding tert-OH is 1. The fourth-order valence-corrected chi connectivity index (χ4v) is 3.74. The van der Waals surface area contributed by atoms with Crippen molar-refractivity contribution in [3.8, 4) is 0 Å². The number of ether oxygens (including phenoxy) is 1. The first-order valence-electron chi connectivity index (χ1n) is 13.4. The Morgan fingerprint density at radius 3 is 1.94 bits per heavy atom. The number of likely N-dealkylation sites (N-methyl/N-ethyl adjacent to an activating group) is 1. The SMILES string of the molecule is CC/C=C\C/C=C\C/C=C\C/C=C\CCCCCCCOCC(O)COP(=O)([O-])OCC[N+](C)(C)C. The van der Waals surface area contributed by atoms with E-state index in [0.29, 0.717) is 17.6 Å². The fraction of sp³-hybridized carbons (Fsp3) is 0.714. The molecule has 0 aliphatic carbocycles. The third-order valence-corrected chi connectivity index (χ3v) is 6.09.